The van der Waals surface area contributed by atoms with E-state index in [1.165, 1.54) is 24.3 Å². The third kappa shape index (κ3) is 4.72. The van der Waals surface area contributed by atoms with Gasteiger partial charge in [0.05, 0.1) is 48.5 Å². The Hall–Kier alpha value is -2.61. The summed E-state index contributed by atoms with van der Waals surface area (Å²) >= 11 is 25.1. The van der Waals surface area contributed by atoms with Crippen LogP contribution < -0.4 is 0 Å². The van der Waals surface area contributed by atoms with E-state index in [1.807, 2.05) is 30.3 Å². The van der Waals surface area contributed by atoms with Crippen LogP contribution in [0.4, 0.5) is 0 Å². The second-order valence-corrected chi connectivity index (χ2v) is 12.3. The van der Waals surface area contributed by atoms with E-state index in [4.69, 9.17) is 64.9 Å². The number of cyclic esters (lactones) is 2. The number of ether oxygens (including phenoxy) is 2. The fraction of sp³-hybridized carbons (Fsp3) is 0.111. The summed E-state index contributed by atoms with van der Waals surface area (Å²) in [5, 5.41) is 2.11. The summed E-state index contributed by atoms with van der Waals surface area (Å²) in [6, 6.07) is 18.8. The maximum Gasteiger partial charge on any atom is 0.342 e. The van der Waals surface area contributed by atoms with Gasteiger partial charge in [-0.25, -0.2) is 9.59 Å². The summed E-state index contributed by atoms with van der Waals surface area (Å²) in [7, 11) is -4.34. The number of carbonyl (C=O) groups is 2. The lowest BCUT2D eigenvalue weighted by Crippen LogP contribution is -2.10. The maximum atomic E-state index is 14.6. The van der Waals surface area contributed by atoms with Crippen molar-refractivity contribution in [3.8, 4) is 0 Å². The molecular weight excluding hydrogens is 609 g/mol. The lowest BCUT2D eigenvalue weighted by Gasteiger charge is -2.25. The van der Waals surface area contributed by atoms with E-state index in [0.717, 1.165) is 10.8 Å². The second-order valence-electron chi connectivity index (χ2n) is 8.73. The van der Waals surface area contributed by atoms with Gasteiger partial charge >= 0.3 is 19.5 Å². The third-order valence-electron chi connectivity index (χ3n) is 6.35. The van der Waals surface area contributed by atoms with Gasteiger partial charge in [0.25, 0.3) is 0 Å². The van der Waals surface area contributed by atoms with Crippen LogP contribution in [0, 0.1) is 0 Å². The first-order valence-electron chi connectivity index (χ1n) is 11.5. The monoisotopic (exact) mass is 622 g/mol. The zero-order chi connectivity index (χ0) is 27.5. The van der Waals surface area contributed by atoms with Crippen molar-refractivity contribution in [3.63, 3.8) is 0 Å². The van der Waals surface area contributed by atoms with Crippen molar-refractivity contribution < 1.29 is 32.7 Å². The summed E-state index contributed by atoms with van der Waals surface area (Å²) in [6.07, 6.45) is -3.30. The van der Waals surface area contributed by atoms with Crippen molar-refractivity contribution in [2.24, 2.45) is 0 Å². The molecule has 0 saturated carbocycles. The molecule has 0 radical (unpaired) electrons. The maximum absolute atomic E-state index is 14.6. The first-order chi connectivity index (χ1) is 18.6. The number of fused-ring (bicyclic) bond motifs is 3. The van der Waals surface area contributed by atoms with Crippen molar-refractivity contribution in [2.45, 2.75) is 18.7 Å². The van der Waals surface area contributed by atoms with Crippen LogP contribution in [-0.2, 0) is 29.2 Å². The molecule has 6 rings (SSSR count). The van der Waals surface area contributed by atoms with Crippen LogP contribution in [-0.4, -0.2) is 11.9 Å². The Morgan fingerprint density at radius 3 is 1.72 bits per heavy atom. The second kappa shape index (κ2) is 10.1. The minimum Gasteiger partial charge on any atom is -0.427 e. The van der Waals surface area contributed by atoms with Crippen LogP contribution in [0.2, 0.25) is 20.1 Å². The number of benzene rings is 4. The van der Waals surface area contributed by atoms with Gasteiger partial charge in [0.15, 0.2) is 0 Å². The average molecular weight is 624 g/mol. The molecule has 2 unspecified atom stereocenters. The quantitative estimate of drug-likeness (QED) is 0.156. The van der Waals surface area contributed by atoms with Gasteiger partial charge in [-0.15, -0.1) is 0 Å². The first kappa shape index (κ1) is 26.6. The van der Waals surface area contributed by atoms with E-state index in [1.54, 1.807) is 12.1 Å². The largest absolute Gasteiger partial charge is 0.427 e. The number of carbonyl (C=O) groups excluding carboxylic acids is 2. The molecule has 2 heterocycles. The molecule has 0 N–H and O–H groups in total. The van der Waals surface area contributed by atoms with Gasteiger partial charge in [-0.05, 0) is 40.6 Å². The molecule has 2 aliphatic heterocycles. The molecule has 198 valence electrons. The highest BCUT2D eigenvalue weighted by Gasteiger charge is 2.46. The molecule has 0 bridgehead atoms. The Bertz CT molecular complexity index is 1650. The van der Waals surface area contributed by atoms with E-state index < -0.39 is 32.1 Å². The Kier molecular flexibility index (Phi) is 6.89. The number of esters is 2. The standard InChI is InChI=1S/C27H15Cl4O7P/c28-16-8-10-18(30)22-20(16)24(32)35-26(22)37-39(34,12-14-6-3-5-13-4-1-2-7-15(13)14)38-27-23-19(31)11-9-17(29)21(23)25(33)36-27/h1-11,26-27H,12H2. The van der Waals surface area contributed by atoms with Crippen LogP contribution in [0.5, 0.6) is 0 Å². The molecular formula is C27H15Cl4O7P. The van der Waals surface area contributed by atoms with Crippen molar-refractivity contribution in [2.75, 3.05) is 0 Å². The Labute approximate surface area is 241 Å². The van der Waals surface area contributed by atoms with Crippen LogP contribution in [0.25, 0.3) is 10.8 Å². The average Bonchev–Trinajstić information content (AvgIpc) is 3.40. The highest BCUT2D eigenvalue weighted by molar-refractivity contribution is 7.53. The van der Waals surface area contributed by atoms with Crippen LogP contribution in [0.3, 0.4) is 0 Å². The Morgan fingerprint density at radius 1 is 0.667 bits per heavy atom. The minimum atomic E-state index is -4.34. The number of halogens is 4. The lowest BCUT2D eigenvalue weighted by atomic mass is 10.1. The molecule has 2 atom stereocenters. The molecule has 4 aromatic carbocycles. The van der Waals surface area contributed by atoms with Crippen molar-refractivity contribution in [1.29, 1.82) is 0 Å². The van der Waals surface area contributed by atoms with Gasteiger partial charge < -0.3 is 9.47 Å². The van der Waals surface area contributed by atoms with E-state index in [2.05, 4.69) is 0 Å². The first-order valence-corrected chi connectivity index (χ1v) is 14.7. The van der Waals surface area contributed by atoms with Crippen LogP contribution in [0.1, 0.15) is 50.0 Å². The highest BCUT2D eigenvalue weighted by Crippen LogP contribution is 2.61. The SMILES string of the molecule is O=C1OC(OP(=O)(Cc2cccc3ccccc23)OC2OC(=O)c3c(Cl)ccc(Cl)c32)c2c(Cl)ccc(Cl)c21. The fourth-order valence-corrected chi connectivity index (χ4v) is 7.37. The van der Waals surface area contributed by atoms with Crippen LogP contribution in [0.15, 0.2) is 66.7 Å². The smallest absolute Gasteiger partial charge is 0.342 e. The van der Waals surface area contributed by atoms with Gasteiger partial charge in [0.2, 0.25) is 12.6 Å². The van der Waals surface area contributed by atoms with E-state index in [0.29, 0.717) is 5.56 Å². The van der Waals surface area contributed by atoms with Crippen molar-refractivity contribution in [3.05, 3.63) is 115 Å². The van der Waals surface area contributed by atoms with Gasteiger partial charge in [0.1, 0.15) is 0 Å². The summed E-state index contributed by atoms with van der Waals surface area (Å²) in [6.45, 7) is 0. The minimum absolute atomic E-state index is 0.00153. The molecule has 39 heavy (non-hydrogen) atoms. The van der Waals surface area contributed by atoms with Gasteiger partial charge in [-0.1, -0.05) is 88.9 Å². The molecule has 0 spiro atoms. The zero-order valence-electron chi connectivity index (χ0n) is 19.5. The molecule has 0 fully saturated rings. The molecule has 2 aliphatic rings. The third-order valence-corrected chi connectivity index (χ3v) is 9.39. The van der Waals surface area contributed by atoms with Gasteiger partial charge in [0, 0.05) is 0 Å². The predicted molar refractivity (Wildman–Crippen MR) is 147 cm³/mol. The fourth-order valence-electron chi connectivity index (χ4n) is 4.62. The summed E-state index contributed by atoms with van der Waals surface area (Å²) in [5.41, 5.74) is 0.832. The molecule has 0 saturated heterocycles. The molecule has 4 aromatic rings. The molecule has 7 nitrogen and oxygen atoms in total. The number of hydrogen-bond acceptors (Lipinski definition) is 7. The van der Waals surface area contributed by atoms with E-state index in [9.17, 15) is 14.2 Å². The van der Waals surface area contributed by atoms with E-state index in [-0.39, 0.29) is 48.5 Å². The lowest BCUT2D eigenvalue weighted by molar-refractivity contribution is -0.0757. The Morgan fingerprint density at radius 2 is 1.15 bits per heavy atom. The van der Waals surface area contributed by atoms with Crippen molar-refractivity contribution in [1.82, 2.24) is 0 Å². The Balaban J connectivity index is 1.43. The molecule has 0 aromatic heterocycles. The van der Waals surface area contributed by atoms with E-state index >= 15 is 0 Å². The van der Waals surface area contributed by atoms with Crippen molar-refractivity contribution >= 4 is 76.7 Å². The summed E-state index contributed by atoms with van der Waals surface area (Å²) in [4.78, 5) is 25.2. The summed E-state index contributed by atoms with van der Waals surface area (Å²) in [5.74, 6) is -1.60. The molecule has 0 aliphatic carbocycles. The number of hydrogen-bond donors (Lipinski definition) is 0. The topological polar surface area (TPSA) is 88.1 Å². The van der Waals surface area contributed by atoms with Crippen LogP contribution >= 0.6 is 54.0 Å². The normalized spacial score (nSPS) is 19.4. The zero-order valence-corrected chi connectivity index (χ0v) is 23.4. The number of rotatable bonds is 6. The molecule has 0 amide bonds. The van der Waals surface area contributed by atoms with Gasteiger partial charge in [-0.2, -0.15) is 0 Å². The molecule has 12 heteroatoms. The predicted octanol–water partition coefficient (Wildman–Crippen LogP) is 8.92. The highest BCUT2D eigenvalue weighted by atomic mass is 35.5. The van der Waals surface area contributed by atoms with Gasteiger partial charge in [-0.3, -0.25) is 13.6 Å². The summed E-state index contributed by atoms with van der Waals surface area (Å²) < 4.78 is 37.2.